The average Bonchev–Trinajstić information content (AvgIpc) is 2.81. The number of rotatable bonds is 6. The van der Waals surface area contributed by atoms with E-state index in [1.54, 1.807) is 30.7 Å². The van der Waals surface area contributed by atoms with Crippen LogP contribution >= 0.6 is 0 Å². The highest BCUT2D eigenvalue weighted by atomic mass is 32.2. The Morgan fingerprint density at radius 2 is 2.00 bits per heavy atom. The van der Waals surface area contributed by atoms with Gasteiger partial charge in [-0.25, -0.2) is 12.7 Å². The second kappa shape index (κ2) is 6.98. The molecule has 2 amide bonds. The fourth-order valence-electron chi connectivity index (χ4n) is 2.53. The molecule has 1 aromatic heterocycles. The van der Waals surface area contributed by atoms with Crippen LogP contribution in [0.3, 0.4) is 0 Å². The third-order valence-electron chi connectivity index (χ3n) is 3.77. The number of amides is 2. The molecule has 8 nitrogen and oxygen atoms in total. The van der Waals surface area contributed by atoms with Gasteiger partial charge in [-0.15, -0.1) is 0 Å². The van der Waals surface area contributed by atoms with Gasteiger partial charge >= 0.3 is 0 Å². The number of carbonyl (C=O) groups is 2. The van der Waals surface area contributed by atoms with Gasteiger partial charge in [0, 0.05) is 44.5 Å². The van der Waals surface area contributed by atoms with Crippen molar-refractivity contribution in [3.05, 3.63) is 54.1 Å². The molecule has 0 fully saturated rings. The molecule has 2 heterocycles. The van der Waals surface area contributed by atoms with Crippen molar-refractivity contribution in [1.82, 2.24) is 19.6 Å². The van der Waals surface area contributed by atoms with Crippen LogP contribution in [0.15, 0.2) is 47.8 Å². The summed E-state index contributed by atoms with van der Waals surface area (Å²) in [6, 6.07) is 6.03. The first-order chi connectivity index (χ1) is 12.0. The van der Waals surface area contributed by atoms with E-state index in [0.717, 1.165) is 10.00 Å². The summed E-state index contributed by atoms with van der Waals surface area (Å²) in [6.07, 6.45) is 5.16. The molecule has 3 rings (SSSR count). The summed E-state index contributed by atoms with van der Waals surface area (Å²) in [7, 11) is -3.87. The number of nitrogens with zero attached hydrogens (tertiary/aromatic N) is 3. The average molecular weight is 360 g/mol. The van der Waals surface area contributed by atoms with Gasteiger partial charge in [0.25, 0.3) is 15.9 Å². The molecule has 0 bridgehead atoms. The van der Waals surface area contributed by atoms with Crippen LogP contribution in [0.1, 0.15) is 22.5 Å². The minimum absolute atomic E-state index is 0.0111. The first kappa shape index (κ1) is 17.0. The lowest BCUT2D eigenvalue weighted by atomic mass is 10.2. The van der Waals surface area contributed by atoms with Gasteiger partial charge in [0.1, 0.15) is 4.90 Å². The summed E-state index contributed by atoms with van der Waals surface area (Å²) in [4.78, 5) is 32.1. The number of carbonyl (C=O) groups excluding carboxylic acids is 2. The SMILES string of the molecule is O=C(CCN1C(=O)c2ccccc2S1(=O)=O)NCCc1cnccn1. The number of benzene rings is 1. The van der Waals surface area contributed by atoms with Crippen LogP contribution in [0.25, 0.3) is 0 Å². The monoisotopic (exact) mass is 360 g/mol. The van der Waals surface area contributed by atoms with Gasteiger partial charge < -0.3 is 5.32 Å². The zero-order chi connectivity index (χ0) is 17.9. The number of aromatic nitrogens is 2. The standard InChI is InChI=1S/C16H16N4O4S/c21-15(19-7-5-12-11-17-8-9-18-12)6-10-20-16(22)13-3-1-2-4-14(13)25(20,23)24/h1-4,8-9,11H,5-7,10H2,(H,19,21). The Balaban J connectivity index is 1.54. The van der Waals surface area contributed by atoms with E-state index in [0.29, 0.717) is 13.0 Å². The predicted molar refractivity (Wildman–Crippen MR) is 88.0 cm³/mol. The molecule has 0 saturated heterocycles. The van der Waals surface area contributed by atoms with Gasteiger partial charge in [0.15, 0.2) is 0 Å². The molecule has 0 unspecified atom stereocenters. The van der Waals surface area contributed by atoms with Crippen LogP contribution in [0.2, 0.25) is 0 Å². The highest BCUT2D eigenvalue weighted by Gasteiger charge is 2.40. The number of nitrogens with one attached hydrogen (secondary N) is 1. The maximum atomic E-state index is 12.4. The lowest BCUT2D eigenvalue weighted by Gasteiger charge is -2.14. The molecule has 0 spiro atoms. The van der Waals surface area contributed by atoms with E-state index < -0.39 is 15.9 Å². The number of hydrogen-bond acceptors (Lipinski definition) is 6. The lowest BCUT2D eigenvalue weighted by Crippen LogP contribution is -2.35. The maximum Gasteiger partial charge on any atom is 0.269 e. The van der Waals surface area contributed by atoms with E-state index in [1.807, 2.05) is 0 Å². The van der Waals surface area contributed by atoms with Crippen molar-refractivity contribution < 1.29 is 18.0 Å². The summed E-state index contributed by atoms with van der Waals surface area (Å²) >= 11 is 0. The third-order valence-corrected chi connectivity index (χ3v) is 5.61. The Kier molecular flexibility index (Phi) is 4.75. The fraction of sp³-hybridized carbons (Fsp3) is 0.250. The molecule has 1 N–H and O–H groups in total. The Morgan fingerprint density at radius 3 is 2.72 bits per heavy atom. The zero-order valence-electron chi connectivity index (χ0n) is 13.3. The molecule has 1 aliphatic rings. The van der Waals surface area contributed by atoms with E-state index in [9.17, 15) is 18.0 Å². The van der Waals surface area contributed by atoms with Crippen molar-refractivity contribution in [2.75, 3.05) is 13.1 Å². The van der Waals surface area contributed by atoms with Crippen LogP contribution < -0.4 is 5.32 Å². The molecule has 2 aromatic rings. The van der Waals surface area contributed by atoms with Crippen molar-refractivity contribution in [1.29, 1.82) is 0 Å². The maximum absolute atomic E-state index is 12.4. The van der Waals surface area contributed by atoms with Gasteiger partial charge in [0.2, 0.25) is 5.91 Å². The van der Waals surface area contributed by atoms with Crippen LogP contribution in [-0.2, 0) is 21.2 Å². The molecule has 25 heavy (non-hydrogen) atoms. The lowest BCUT2D eigenvalue weighted by molar-refractivity contribution is -0.121. The quantitative estimate of drug-likeness (QED) is 0.797. The van der Waals surface area contributed by atoms with Gasteiger partial charge in [-0.3, -0.25) is 19.6 Å². The number of fused-ring (bicyclic) bond motifs is 1. The Labute approximate surface area is 145 Å². The molecule has 0 atom stereocenters. The molecule has 1 aliphatic heterocycles. The van der Waals surface area contributed by atoms with Crippen LogP contribution in [0, 0.1) is 0 Å². The van der Waals surface area contributed by atoms with Crippen LogP contribution in [-0.4, -0.2) is 47.6 Å². The molecule has 130 valence electrons. The van der Waals surface area contributed by atoms with E-state index in [1.165, 1.54) is 12.1 Å². The largest absolute Gasteiger partial charge is 0.356 e. The summed E-state index contributed by atoms with van der Waals surface area (Å²) < 4.78 is 25.5. The Morgan fingerprint density at radius 1 is 1.20 bits per heavy atom. The van der Waals surface area contributed by atoms with Gasteiger partial charge in [-0.1, -0.05) is 12.1 Å². The van der Waals surface area contributed by atoms with Gasteiger partial charge in [0.05, 0.1) is 11.3 Å². The second-order valence-corrected chi connectivity index (χ2v) is 7.26. The van der Waals surface area contributed by atoms with Crippen LogP contribution in [0.4, 0.5) is 0 Å². The number of sulfonamides is 1. The minimum atomic E-state index is -3.87. The van der Waals surface area contributed by atoms with Crippen molar-refractivity contribution in [2.45, 2.75) is 17.7 Å². The zero-order valence-corrected chi connectivity index (χ0v) is 14.1. The molecular weight excluding hydrogens is 344 g/mol. The first-order valence-electron chi connectivity index (χ1n) is 7.68. The van der Waals surface area contributed by atoms with Crippen LogP contribution in [0.5, 0.6) is 0 Å². The highest BCUT2D eigenvalue weighted by molar-refractivity contribution is 7.90. The van der Waals surface area contributed by atoms with Gasteiger partial charge in [-0.2, -0.15) is 0 Å². The molecule has 1 aromatic carbocycles. The third kappa shape index (κ3) is 3.50. The van der Waals surface area contributed by atoms with Crippen molar-refractivity contribution in [3.63, 3.8) is 0 Å². The predicted octanol–water partition coefficient (Wildman–Crippen LogP) is 0.370. The van der Waals surface area contributed by atoms with E-state index in [4.69, 9.17) is 0 Å². The topological polar surface area (TPSA) is 109 Å². The smallest absolute Gasteiger partial charge is 0.269 e. The summed E-state index contributed by atoms with van der Waals surface area (Å²) in [6.45, 7) is 0.172. The Bertz CT molecular complexity index is 899. The molecule has 0 aliphatic carbocycles. The highest BCUT2D eigenvalue weighted by Crippen LogP contribution is 2.29. The molecular formula is C16H16N4O4S. The van der Waals surface area contributed by atoms with E-state index in [-0.39, 0.29) is 29.3 Å². The van der Waals surface area contributed by atoms with Crippen molar-refractivity contribution >= 4 is 21.8 Å². The molecule has 0 radical (unpaired) electrons. The van der Waals surface area contributed by atoms with Gasteiger partial charge in [-0.05, 0) is 12.1 Å². The normalized spacial score (nSPS) is 15.0. The van der Waals surface area contributed by atoms with E-state index >= 15 is 0 Å². The minimum Gasteiger partial charge on any atom is -0.356 e. The summed E-state index contributed by atoms with van der Waals surface area (Å²) in [5.74, 6) is -0.925. The second-order valence-electron chi connectivity index (χ2n) is 5.43. The van der Waals surface area contributed by atoms with E-state index in [2.05, 4.69) is 15.3 Å². The van der Waals surface area contributed by atoms with Crippen molar-refractivity contribution in [3.8, 4) is 0 Å². The molecule has 9 heteroatoms. The Hall–Kier alpha value is -2.81. The molecule has 0 saturated carbocycles. The first-order valence-corrected chi connectivity index (χ1v) is 9.12. The fourth-order valence-corrected chi connectivity index (χ4v) is 4.10. The summed E-state index contributed by atoms with van der Waals surface area (Å²) in [5, 5.41) is 2.68. The number of hydrogen-bond donors (Lipinski definition) is 1. The van der Waals surface area contributed by atoms with Crippen molar-refractivity contribution in [2.24, 2.45) is 0 Å². The summed E-state index contributed by atoms with van der Waals surface area (Å²) in [5.41, 5.74) is 0.890.